The molecule has 0 saturated heterocycles. The molecule has 0 aliphatic carbocycles. The van der Waals surface area contributed by atoms with Gasteiger partial charge in [0.15, 0.2) is 10.8 Å². The maximum absolute atomic E-state index is 11.5. The number of methoxy groups -OCH3 is 1. The first-order chi connectivity index (χ1) is 8.54. The summed E-state index contributed by atoms with van der Waals surface area (Å²) < 4.78 is 6.50. The van der Waals surface area contributed by atoms with Gasteiger partial charge in [0.25, 0.3) is 0 Å². The van der Waals surface area contributed by atoms with Crippen LogP contribution in [0.3, 0.4) is 0 Å². The van der Waals surface area contributed by atoms with E-state index >= 15 is 0 Å². The Morgan fingerprint density at radius 1 is 1.56 bits per heavy atom. The van der Waals surface area contributed by atoms with Gasteiger partial charge in [-0.3, -0.25) is 9.20 Å². The lowest BCUT2D eigenvalue weighted by molar-refractivity contribution is -0.145. The average molecular weight is 266 g/mol. The second-order valence-corrected chi connectivity index (χ2v) is 5.05. The molecule has 7 heteroatoms. The molecule has 0 aliphatic heterocycles. The minimum Gasteiger partial charge on any atom is -0.468 e. The second-order valence-electron chi connectivity index (χ2n) is 4.11. The number of ether oxygens (including phenoxy) is 1. The van der Waals surface area contributed by atoms with Crippen molar-refractivity contribution in [3.8, 4) is 0 Å². The van der Waals surface area contributed by atoms with E-state index in [4.69, 9.17) is 5.73 Å². The number of carbonyl (C=O) groups excluding carboxylic acids is 1. The Labute approximate surface area is 109 Å². The highest BCUT2D eigenvalue weighted by Crippen LogP contribution is 2.21. The number of esters is 1. The van der Waals surface area contributed by atoms with Crippen molar-refractivity contribution >= 4 is 23.4 Å². The van der Waals surface area contributed by atoms with Gasteiger partial charge in [0.05, 0.1) is 7.11 Å². The highest BCUT2D eigenvalue weighted by atomic mass is 32.2. The van der Waals surface area contributed by atoms with E-state index in [9.17, 15) is 4.79 Å². The predicted molar refractivity (Wildman–Crippen MR) is 68.3 cm³/mol. The molecule has 0 aliphatic rings. The third-order valence-corrected chi connectivity index (χ3v) is 3.72. The molecular formula is C11H14N4O2S. The van der Waals surface area contributed by atoms with Gasteiger partial charge < -0.3 is 10.5 Å². The van der Waals surface area contributed by atoms with Crippen molar-refractivity contribution in [2.75, 3.05) is 12.9 Å². The number of pyridine rings is 1. The first kappa shape index (κ1) is 12.8. The lowest BCUT2D eigenvalue weighted by Crippen LogP contribution is -2.48. The first-order valence-electron chi connectivity index (χ1n) is 5.34. The van der Waals surface area contributed by atoms with Crippen LogP contribution < -0.4 is 5.73 Å². The lowest BCUT2D eigenvalue weighted by atomic mass is 10.1. The zero-order valence-corrected chi connectivity index (χ0v) is 11.0. The summed E-state index contributed by atoms with van der Waals surface area (Å²) in [6.07, 6.45) is 1.86. The third kappa shape index (κ3) is 2.46. The van der Waals surface area contributed by atoms with E-state index < -0.39 is 11.5 Å². The quantitative estimate of drug-likeness (QED) is 0.648. The highest BCUT2D eigenvalue weighted by Gasteiger charge is 2.30. The first-order valence-corrected chi connectivity index (χ1v) is 6.33. The fraction of sp³-hybridized carbons (Fsp3) is 0.364. The largest absolute Gasteiger partial charge is 0.468 e. The van der Waals surface area contributed by atoms with E-state index in [1.807, 2.05) is 28.8 Å². The van der Waals surface area contributed by atoms with E-state index in [1.54, 1.807) is 6.92 Å². The maximum Gasteiger partial charge on any atom is 0.326 e. The summed E-state index contributed by atoms with van der Waals surface area (Å²) in [4.78, 5) is 11.5. The summed E-state index contributed by atoms with van der Waals surface area (Å²) in [5.41, 5.74) is 5.60. The molecule has 18 heavy (non-hydrogen) atoms. The smallest absolute Gasteiger partial charge is 0.326 e. The van der Waals surface area contributed by atoms with Crippen LogP contribution in [-0.2, 0) is 9.53 Å². The molecule has 0 amide bonds. The summed E-state index contributed by atoms with van der Waals surface area (Å²) in [5, 5.41) is 8.77. The van der Waals surface area contributed by atoms with Crippen LogP contribution in [0.2, 0.25) is 0 Å². The summed E-state index contributed by atoms with van der Waals surface area (Å²) in [6.45, 7) is 1.63. The molecule has 0 fully saturated rings. The van der Waals surface area contributed by atoms with Crippen LogP contribution in [0.15, 0.2) is 29.6 Å². The van der Waals surface area contributed by atoms with Crippen molar-refractivity contribution in [3.63, 3.8) is 0 Å². The van der Waals surface area contributed by atoms with Crippen LogP contribution in [0.1, 0.15) is 6.92 Å². The van der Waals surface area contributed by atoms with E-state index in [2.05, 4.69) is 14.9 Å². The Kier molecular flexibility index (Phi) is 3.53. The number of thioether (sulfide) groups is 1. The fourth-order valence-electron chi connectivity index (χ4n) is 1.42. The molecule has 0 aromatic carbocycles. The molecule has 2 rings (SSSR count). The highest BCUT2D eigenvalue weighted by molar-refractivity contribution is 7.99. The van der Waals surface area contributed by atoms with E-state index in [0.717, 1.165) is 5.65 Å². The van der Waals surface area contributed by atoms with Crippen molar-refractivity contribution in [2.45, 2.75) is 17.6 Å². The molecular weight excluding hydrogens is 252 g/mol. The molecule has 1 unspecified atom stereocenters. The molecule has 0 bridgehead atoms. The second kappa shape index (κ2) is 4.95. The lowest BCUT2D eigenvalue weighted by Gasteiger charge is -2.19. The van der Waals surface area contributed by atoms with Crippen LogP contribution in [-0.4, -0.2) is 39.0 Å². The predicted octanol–water partition coefficient (Wildman–Crippen LogP) is 0.712. The van der Waals surface area contributed by atoms with Gasteiger partial charge in [-0.1, -0.05) is 17.8 Å². The number of fused-ring (bicyclic) bond motifs is 1. The Morgan fingerprint density at radius 2 is 2.33 bits per heavy atom. The molecule has 2 heterocycles. The van der Waals surface area contributed by atoms with Crippen LogP contribution in [0.4, 0.5) is 0 Å². The zero-order chi connectivity index (χ0) is 13.2. The van der Waals surface area contributed by atoms with Crippen molar-refractivity contribution in [1.29, 1.82) is 0 Å². The standard InChI is InChI=1S/C11H14N4O2S/c1-11(12,9(16)17-2)7-18-10-14-13-8-5-3-4-6-15(8)10/h3-6H,7,12H2,1-2H3. The Hall–Kier alpha value is -1.60. The van der Waals surface area contributed by atoms with Gasteiger partial charge in [-0.15, -0.1) is 10.2 Å². The fourth-order valence-corrected chi connectivity index (χ4v) is 2.36. The Balaban J connectivity index is 2.13. The number of aromatic nitrogens is 3. The van der Waals surface area contributed by atoms with Crippen molar-refractivity contribution < 1.29 is 9.53 Å². The number of nitrogens with two attached hydrogens (primary N) is 1. The number of hydrogen-bond donors (Lipinski definition) is 1. The molecule has 2 aromatic heterocycles. The van der Waals surface area contributed by atoms with Crippen molar-refractivity contribution in [1.82, 2.24) is 14.6 Å². The molecule has 96 valence electrons. The summed E-state index contributed by atoms with van der Waals surface area (Å²) >= 11 is 1.37. The van der Waals surface area contributed by atoms with E-state index in [-0.39, 0.29) is 0 Å². The molecule has 6 nitrogen and oxygen atoms in total. The van der Waals surface area contributed by atoms with Crippen LogP contribution in [0.5, 0.6) is 0 Å². The van der Waals surface area contributed by atoms with Gasteiger partial charge >= 0.3 is 5.97 Å². The minimum absolute atomic E-state index is 0.370. The minimum atomic E-state index is -1.04. The monoisotopic (exact) mass is 266 g/mol. The van der Waals surface area contributed by atoms with Crippen LogP contribution in [0, 0.1) is 0 Å². The molecule has 0 spiro atoms. The van der Waals surface area contributed by atoms with E-state index in [0.29, 0.717) is 10.9 Å². The normalized spacial score (nSPS) is 14.4. The molecule has 0 saturated carbocycles. The number of carbonyl (C=O) groups is 1. The Bertz CT molecular complexity index is 567. The summed E-state index contributed by atoms with van der Waals surface area (Å²) in [6, 6.07) is 5.64. The maximum atomic E-state index is 11.5. The molecule has 1 atom stereocenters. The average Bonchev–Trinajstić information content (AvgIpc) is 2.78. The Morgan fingerprint density at radius 3 is 3.06 bits per heavy atom. The van der Waals surface area contributed by atoms with Crippen LogP contribution in [0.25, 0.3) is 5.65 Å². The topological polar surface area (TPSA) is 82.5 Å². The van der Waals surface area contributed by atoms with Gasteiger partial charge in [0.2, 0.25) is 0 Å². The van der Waals surface area contributed by atoms with Gasteiger partial charge in [-0.25, -0.2) is 0 Å². The summed E-state index contributed by atoms with van der Waals surface area (Å²) in [5.74, 6) is -0.0705. The van der Waals surface area contributed by atoms with Gasteiger partial charge in [0.1, 0.15) is 5.54 Å². The number of hydrogen-bond acceptors (Lipinski definition) is 6. The third-order valence-electron chi connectivity index (χ3n) is 2.44. The van der Waals surface area contributed by atoms with Gasteiger partial charge in [0, 0.05) is 11.9 Å². The molecule has 0 radical (unpaired) electrons. The van der Waals surface area contributed by atoms with Crippen molar-refractivity contribution in [2.24, 2.45) is 5.73 Å². The van der Waals surface area contributed by atoms with Gasteiger partial charge in [-0.2, -0.15) is 0 Å². The van der Waals surface area contributed by atoms with Crippen LogP contribution >= 0.6 is 11.8 Å². The zero-order valence-electron chi connectivity index (χ0n) is 10.2. The number of rotatable bonds is 4. The van der Waals surface area contributed by atoms with Gasteiger partial charge in [-0.05, 0) is 19.1 Å². The number of nitrogens with zero attached hydrogens (tertiary/aromatic N) is 3. The molecule has 2 N–H and O–H groups in total. The molecule has 2 aromatic rings. The van der Waals surface area contributed by atoms with Crippen molar-refractivity contribution in [3.05, 3.63) is 24.4 Å². The SMILES string of the molecule is COC(=O)C(C)(N)CSc1nnc2ccccn12. The summed E-state index contributed by atoms with van der Waals surface area (Å²) in [7, 11) is 1.32. The van der Waals surface area contributed by atoms with E-state index in [1.165, 1.54) is 18.9 Å².